The molecule has 1 saturated heterocycles. The van der Waals surface area contributed by atoms with Crippen molar-refractivity contribution in [3.63, 3.8) is 0 Å². The standard InChI is InChI=1S/C8H8.C7H10O3.C5H8O2/c1-2-8-6-4-3-5-7-8;1-5(2)7(8)10-4-6-3-9-6;1-4(2)5(6)7-3/h2-7H,1H2;6H,1,3-4H2,2H3;1H2,2-3H3. The molecular formula is C20H26O5. The summed E-state index contributed by atoms with van der Waals surface area (Å²) in [4.78, 5) is 20.9. The molecule has 0 aliphatic carbocycles. The largest absolute Gasteiger partial charge is 0.466 e. The van der Waals surface area contributed by atoms with Crippen molar-refractivity contribution >= 4 is 18.0 Å². The highest BCUT2D eigenvalue weighted by molar-refractivity contribution is 5.87. The molecule has 1 heterocycles. The first-order valence-corrected chi connectivity index (χ1v) is 7.67. The maximum absolute atomic E-state index is 10.7. The Bertz CT molecular complexity index is 585. The van der Waals surface area contributed by atoms with Crippen LogP contribution in [0.25, 0.3) is 6.08 Å². The summed E-state index contributed by atoms with van der Waals surface area (Å²) < 4.78 is 13.9. The molecule has 0 radical (unpaired) electrons. The maximum atomic E-state index is 10.7. The highest BCUT2D eigenvalue weighted by Crippen LogP contribution is 2.09. The number of rotatable bonds is 5. The average Bonchev–Trinajstić information content (AvgIpc) is 3.44. The monoisotopic (exact) mass is 346 g/mol. The van der Waals surface area contributed by atoms with Crippen LogP contribution in [0, 0.1) is 0 Å². The van der Waals surface area contributed by atoms with Gasteiger partial charge in [-0.1, -0.05) is 56.1 Å². The van der Waals surface area contributed by atoms with E-state index in [1.165, 1.54) is 12.7 Å². The molecule has 1 aromatic rings. The lowest BCUT2D eigenvalue weighted by Gasteiger charge is -1.99. The minimum absolute atomic E-state index is 0.142. The summed E-state index contributed by atoms with van der Waals surface area (Å²) in [6.07, 6.45) is 1.98. The molecule has 1 aliphatic rings. The first-order chi connectivity index (χ1) is 11.8. The summed E-state index contributed by atoms with van der Waals surface area (Å²) in [6, 6.07) is 10.0. The van der Waals surface area contributed by atoms with Crippen LogP contribution in [-0.2, 0) is 23.8 Å². The molecule has 0 bridgehead atoms. The Kier molecular flexibility index (Phi) is 11.4. The minimum atomic E-state index is -0.347. The van der Waals surface area contributed by atoms with Gasteiger partial charge >= 0.3 is 11.9 Å². The third-order valence-electron chi connectivity index (χ3n) is 2.72. The number of hydrogen-bond acceptors (Lipinski definition) is 5. The molecule has 2 rings (SSSR count). The van der Waals surface area contributed by atoms with E-state index in [2.05, 4.69) is 24.5 Å². The Hall–Kier alpha value is -2.66. The van der Waals surface area contributed by atoms with Crippen molar-refractivity contribution in [2.24, 2.45) is 0 Å². The second-order valence-corrected chi connectivity index (χ2v) is 5.22. The van der Waals surface area contributed by atoms with Crippen LogP contribution in [-0.4, -0.2) is 38.4 Å². The van der Waals surface area contributed by atoms with E-state index in [9.17, 15) is 9.59 Å². The van der Waals surface area contributed by atoms with Crippen molar-refractivity contribution in [3.05, 3.63) is 66.8 Å². The highest BCUT2D eigenvalue weighted by atomic mass is 16.6. The van der Waals surface area contributed by atoms with Crippen LogP contribution in [0.4, 0.5) is 0 Å². The number of hydrogen-bond donors (Lipinski definition) is 0. The fourth-order valence-corrected chi connectivity index (χ4v) is 1.22. The fourth-order valence-electron chi connectivity index (χ4n) is 1.22. The first kappa shape index (κ1) is 22.3. The van der Waals surface area contributed by atoms with E-state index >= 15 is 0 Å². The fraction of sp³-hybridized carbons (Fsp3) is 0.300. The Morgan fingerprint density at radius 3 is 1.96 bits per heavy atom. The van der Waals surface area contributed by atoms with Crippen LogP contribution < -0.4 is 0 Å². The Morgan fingerprint density at radius 2 is 1.68 bits per heavy atom. The lowest BCUT2D eigenvalue weighted by Crippen LogP contribution is -2.09. The molecule has 1 fully saturated rings. The number of benzene rings is 1. The van der Waals surface area contributed by atoms with Gasteiger partial charge in [0.1, 0.15) is 12.7 Å². The van der Waals surface area contributed by atoms with Crippen molar-refractivity contribution in [2.45, 2.75) is 20.0 Å². The maximum Gasteiger partial charge on any atom is 0.333 e. The topological polar surface area (TPSA) is 65.1 Å². The normalized spacial score (nSPS) is 13.6. The van der Waals surface area contributed by atoms with Gasteiger partial charge in [0.05, 0.1) is 13.7 Å². The summed E-state index contributed by atoms with van der Waals surface area (Å²) in [6.45, 7) is 14.7. The minimum Gasteiger partial charge on any atom is -0.466 e. The molecule has 25 heavy (non-hydrogen) atoms. The zero-order chi connectivity index (χ0) is 19.2. The quantitative estimate of drug-likeness (QED) is 0.463. The van der Waals surface area contributed by atoms with E-state index in [1.807, 2.05) is 36.4 Å². The van der Waals surface area contributed by atoms with Gasteiger partial charge in [0.15, 0.2) is 0 Å². The predicted octanol–water partition coefficient (Wildman–Crippen LogP) is 3.57. The van der Waals surface area contributed by atoms with Gasteiger partial charge in [-0.05, 0) is 19.4 Å². The molecular weight excluding hydrogens is 320 g/mol. The van der Waals surface area contributed by atoms with E-state index in [-0.39, 0.29) is 18.0 Å². The number of carbonyl (C=O) groups excluding carboxylic acids is 2. The molecule has 0 aromatic heterocycles. The zero-order valence-electron chi connectivity index (χ0n) is 15.1. The first-order valence-electron chi connectivity index (χ1n) is 7.67. The number of ether oxygens (including phenoxy) is 3. The SMILES string of the molecule is C=C(C)C(=O)OC.C=C(C)C(=O)OCC1CO1.C=Cc1ccccc1. The third kappa shape index (κ3) is 12.4. The Balaban J connectivity index is 0.000000353. The molecule has 1 aliphatic heterocycles. The van der Waals surface area contributed by atoms with Crippen molar-refractivity contribution < 1.29 is 23.8 Å². The Labute approximate surface area is 149 Å². The van der Waals surface area contributed by atoms with E-state index < -0.39 is 0 Å². The zero-order valence-corrected chi connectivity index (χ0v) is 15.1. The second-order valence-electron chi connectivity index (χ2n) is 5.22. The molecule has 0 spiro atoms. The van der Waals surface area contributed by atoms with Gasteiger partial charge in [-0.15, -0.1) is 0 Å². The van der Waals surface area contributed by atoms with Crippen LogP contribution in [0.15, 0.2) is 61.2 Å². The van der Waals surface area contributed by atoms with Crippen LogP contribution >= 0.6 is 0 Å². The van der Waals surface area contributed by atoms with Crippen molar-refractivity contribution in [3.8, 4) is 0 Å². The van der Waals surface area contributed by atoms with Crippen LogP contribution in [0.1, 0.15) is 19.4 Å². The van der Waals surface area contributed by atoms with E-state index in [1.54, 1.807) is 13.8 Å². The number of carbonyl (C=O) groups is 2. The summed E-state index contributed by atoms with van der Waals surface area (Å²) in [5.41, 5.74) is 2.04. The molecule has 1 unspecified atom stereocenters. The van der Waals surface area contributed by atoms with Crippen LogP contribution in [0.5, 0.6) is 0 Å². The van der Waals surface area contributed by atoms with E-state index in [4.69, 9.17) is 9.47 Å². The third-order valence-corrected chi connectivity index (χ3v) is 2.72. The van der Waals surface area contributed by atoms with Gasteiger partial charge in [-0.25, -0.2) is 9.59 Å². The second kappa shape index (κ2) is 12.7. The molecule has 0 saturated carbocycles. The number of epoxide rings is 1. The lowest BCUT2D eigenvalue weighted by molar-refractivity contribution is -0.139. The molecule has 136 valence electrons. The molecule has 1 aromatic carbocycles. The van der Waals surface area contributed by atoms with Gasteiger partial charge < -0.3 is 14.2 Å². The summed E-state index contributed by atoms with van der Waals surface area (Å²) in [5.74, 6) is -0.685. The van der Waals surface area contributed by atoms with E-state index in [0.717, 1.165) is 0 Å². The summed E-state index contributed by atoms with van der Waals surface area (Å²) in [7, 11) is 1.33. The van der Waals surface area contributed by atoms with Gasteiger partial charge in [-0.3, -0.25) is 0 Å². The van der Waals surface area contributed by atoms with Crippen LogP contribution in [0.2, 0.25) is 0 Å². The highest BCUT2D eigenvalue weighted by Gasteiger charge is 2.24. The number of methoxy groups -OCH3 is 1. The molecule has 5 heteroatoms. The summed E-state index contributed by atoms with van der Waals surface area (Å²) >= 11 is 0. The molecule has 0 amide bonds. The van der Waals surface area contributed by atoms with Gasteiger partial charge in [0.25, 0.3) is 0 Å². The number of esters is 2. The predicted molar refractivity (Wildman–Crippen MR) is 98.9 cm³/mol. The molecule has 0 N–H and O–H groups in total. The van der Waals surface area contributed by atoms with Crippen molar-refractivity contribution in [1.29, 1.82) is 0 Å². The van der Waals surface area contributed by atoms with Gasteiger partial charge in [-0.2, -0.15) is 0 Å². The Morgan fingerprint density at radius 1 is 1.16 bits per heavy atom. The van der Waals surface area contributed by atoms with Gasteiger partial charge in [0, 0.05) is 11.1 Å². The smallest absolute Gasteiger partial charge is 0.333 e. The van der Waals surface area contributed by atoms with E-state index in [0.29, 0.717) is 24.4 Å². The van der Waals surface area contributed by atoms with Crippen LogP contribution in [0.3, 0.4) is 0 Å². The summed E-state index contributed by atoms with van der Waals surface area (Å²) in [5, 5.41) is 0. The van der Waals surface area contributed by atoms with Crippen molar-refractivity contribution in [1.82, 2.24) is 0 Å². The van der Waals surface area contributed by atoms with Gasteiger partial charge in [0.2, 0.25) is 0 Å². The van der Waals surface area contributed by atoms with Crippen molar-refractivity contribution in [2.75, 3.05) is 20.3 Å². The molecule has 5 nitrogen and oxygen atoms in total. The molecule has 1 atom stereocenters. The lowest BCUT2D eigenvalue weighted by atomic mass is 10.2. The average molecular weight is 346 g/mol.